The molecule has 3 nitrogen and oxygen atoms in total. The third-order valence-electron chi connectivity index (χ3n) is 3.52. The lowest BCUT2D eigenvalue weighted by molar-refractivity contribution is -0.140. The fraction of sp³-hybridized carbons (Fsp3) is 0.650. The molecule has 0 saturated heterocycles. The summed E-state index contributed by atoms with van der Waals surface area (Å²) in [6, 6.07) is 0. The van der Waals surface area contributed by atoms with Crippen LogP contribution in [0.2, 0.25) is 0 Å². The van der Waals surface area contributed by atoms with Gasteiger partial charge in [0.1, 0.15) is 0 Å². The van der Waals surface area contributed by atoms with E-state index in [0.717, 1.165) is 31.6 Å². The summed E-state index contributed by atoms with van der Waals surface area (Å²) in [7, 11) is 0. The molecule has 0 aromatic carbocycles. The minimum atomic E-state index is -0.766. The number of carbonyl (C=O) groups is 1. The fourth-order valence-electron chi connectivity index (χ4n) is 2.31. The molecule has 0 fully saturated rings. The first kappa shape index (κ1) is 23.9. The number of allylic oxidation sites excluding steroid dienone is 4. The van der Waals surface area contributed by atoms with E-state index >= 15 is 0 Å². The Hall–Kier alpha value is -1.35. The van der Waals surface area contributed by atoms with Crippen molar-refractivity contribution in [2.75, 3.05) is 19.6 Å². The second-order valence-electron chi connectivity index (χ2n) is 5.27. The van der Waals surface area contributed by atoms with Gasteiger partial charge in [-0.25, -0.2) is 0 Å². The van der Waals surface area contributed by atoms with Gasteiger partial charge in [0.25, 0.3) is 0 Å². The van der Waals surface area contributed by atoms with Crippen LogP contribution >= 0.6 is 0 Å². The van der Waals surface area contributed by atoms with Crippen LogP contribution in [-0.2, 0) is 4.79 Å². The van der Waals surface area contributed by atoms with Gasteiger partial charge in [0.15, 0.2) is 0 Å². The van der Waals surface area contributed by atoms with Crippen LogP contribution in [-0.4, -0.2) is 35.6 Å². The number of hydrogen-bond donors (Lipinski definition) is 1. The van der Waals surface area contributed by atoms with Crippen LogP contribution in [0.25, 0.3) is 0 Å². The molecule has 3 heteroatoms. The van der Waals surface area contributed by atoms with E-state index in [0.29, 0.717) is 6.42 Å². The van der Waals surface area contributed by atoms with E-state index in [1.165, 1.54) is 12.8 Å². The van der Waals surface area contributed by atoms with Crippen molar-refractivity contribution < 1.29 is 9.90 Å². The molecular formula is C20H37NO2. The number of hydrogen-bond acceptors (Lipinski definition) is 2. The molecule has 23 heavy (non-hydrogen) atoms. The molecule has 0 aliphatic rings. The minimum Gasteiger partial charge on any atom is -0.481 e. The Labute approximate surface area is 143 Å². The molecule has 0 spiro atoms. The van der Waals surface area contributed by atoms with Gasteiger partial charge in [0.05, 0.1) is 5.92 Å². The molecule has 0 radical (unpaired) electrons. The molecule has 0 bridgehead atoms. The van der Waals surface area contributed by atoms with E-state index in [1.807, 2.05) is 39.0 Å². The summed E-state index contributed by atoms with van der Waals surface area (Å²) in [5, 5.41) is 9.46. The van der Waals surface area contributed by atoms with Gasteiger partial charge >= 0.3 is 5.97 Å². The van der Waals surface area contributed by atoms with Crippen LogP contribution in [0, 0.1) is 5.92 Å². The van der Waals surface area contributed by atoms with Crippen molar-refractivity contribution in [3.8, 4) is 0 Å². The zero-order valence-corrected chi connectivity index (χ0v) is 15.8. The number of aliphatic carboxylic acids is 1. The number of carboxylic acid groups (broad SMARTS) is 1. The Morgan fingerprint density at radius 3 is 2.26 bits per heavy atom. The Kier molecular flexibility index (Phi) is 17.7. The van der Waals surface area contributed by atoms with Gasteiger partial charge in [-0.15, -0.1) is 0 Å². The van der Waals surface area contributed by atoms with Crippen LogP contribution in [0.4, 0.5) is 0 Å². The van der Waals surface area contributed by atoms with Crippen LogP contribution in [0.5, 0.6) is 0 Å². The topological polar surface area (TPSA) is 40.5 Å². The van der Waals surface area contributed by atoms with Gasteiger partial charge in [-0.05, 0) is 51.4 Å². The highest BCUT2D eigenvalue weighted by molar-refractivity contribution is 5.74. The summed E-state index contributed by atoms with van der Waals surface area (Å²) in [6.07, 6.45) is 11.3. The molecule has 0 aliphatic heterocycles. The Balaban J connectivity index is 0. The maximum Gasteiger partial charge on any atom is 0.311 e. The Morgan fingerprint density at radius 2 is 1.83 bits per heavy atom. The SMILES string of the molecule is C=C/C(=C\C=C/C)C(CCN(CCC)CCCC)C(=O)O.CC. The van der Waals surface area contributed by atoms with Gasteiger partial charge in [-0.1, -0.05) is 65.0 Å². The standard InChI is InChI=1S/C18H31NO2.C2H6/c1-5-9-11-16(8-4)17(18(20)21)12-15-19(13-7-3)14-10-6-2;1-2/h5,8-9,11,17H,4,6-7,10,12-15H2,1-3H3,(H,20,21);1-2H3/b9-5-,16-11+;. The molecule has 0 rings (SSSR count). The molecule has 0 amide bonds. The minimum absolute atomic E-state index is 0.473. The van der Waals surface area contributed by atoms with Crippen molar-refractivity contribution >= 4 is 5.97 Å². The van der Waals surface area contributed by atoms with Gasteiger partial charge in [-0.3, -0.25) is 4.79 Å². The average molecular weight is 324 g/mol. The molecule has 0 aromatic heterocycles. The van der Waals surface area contributed by atoms with Crippen molar-refractivity contribution in [1.29, 1.82) is 0 Å². The molecule has 0 saturated carbocycles. The van der Waals surface area contributed by atoms with E-state index in [9.17, 15) is 9.90 Å². The first-order chi connectivity index (χ1) is 11.1. The first-order valence-corrected chi connectivity index (χ1v) is 9.01. The lowest BCUT2D eigenvalue weighted by Crippen LogP contribution is -2.30. The smallest absolute Gasteiger partial charge is 0.311 e. The second-order valence-corrected chi connectivity index (χ2v) is 5.27. The highest BCUT2D eigenvalue weighted by atomic mass is 16.4. The molecule has 0 aliphatic carbocycles. The largest absolute Gasteiger partial charge is 0.481 e. The normalized spacial score (nSPS) is 12.9. The van der Waals surface area contributed by atoms with Crippen molar-refractivity contribution in [2.45, 2.75) is 60.3 Å². The number of carboxylic acids is 1. The molecule has 134 valence electrons. The van der Waals surface area contributed by atoms with Crippen molar-refractivity contribution in [2.24, 2.45) is 5.92 Å². The van der Waals surface area contributed by atoms with E-state index in [-0.39, 0.29) is 0 Å². The molecular weight excluding hydrogens is 286 g/mol. The molecule has 1 N–H and O–H groups in total. The summed E-state index contributed by atoms with van der Waals surface area (Å²) in [4.78, 5) is 13.9. The van der Waals surface area contributed by atoms with E-state index < -0.39 is 11.9 Å². The zero-order valence-electron chi connectivity index (χ0n) is 15.8. The third-order valence-corrected chi connectivity index (χ3v) is 3.52. The van der Waals surface area contributed by atoms with E-state index in [4.69, 9.17) is 0 Å². The predicted octanol–water partition coefficient (Wildman–Crippen LogP) is 5.30. The maximum atomic E-state index is 11.5. The Bertz CT molecular complexity index is 359. The van der Waals surface area contributed by atoms with Gasteiger partial charge in [0.2, 0.25) is 0 Å². The number of unbranched alkanes of at least 4 members (excludes halogenated alkanes) is 1. The number of nitrogens with zero attached hydrogens (tertiary/aromatic N) is 1. The molecule has 0 heterocycles. The highest BCUT2D eigenvalue weighted by Crippen LogP contribution is 2.18. The van der Waals surface area contributed by atoms with Crippen molar-refractivity contribution in [3.05, 3.63) is 36.5 Å². The summed E-state index contributed by atoms with van der Waals surface area (Å²) in [5.74, 6) is -1.24. The predicted molar refractivity (Wildman–Crippen MR) is 102 cm³/mol. The lowest BCUT2D eigenvalue weighted by Gasteiger charge is -2.23. The summed E-state index contributed by atoms with van der Waals surface area (Å²) in [6.45, 7) is 16.9. The zero-order chi connectivity index (χ0) is 18.1. The summed E-state index contributed by atoms with van der Waals surface area (Å²) in [5.41, 5.74) is 0.785. The first-order valence-electron chi connectivity index (χ1n) is 9.01. The van der Waals surface area contributed by atoms with Gasteiger partial charge in [-0.2, -0.15) is 0 Å². The number of rotatable bonds is 12. The molecule has 1 unspecified atom stereocenters. The van der Waals surface area contributed by atoms with Crippen LogP contribution in [0.3, 0.4) is 0 Å². The van der Waals surface area contributed by atoms with Crippen LogP contribution in [0.1, 0.15) is 60.3 Å². The second kappa shape index (κ2) is 17.0. The Morgan fingerprint density at radius 1 is 1.17 bits per heavy atom. The van der Waals surface area contributed by atoms with Gasteiger partial charge < -0.3 is 10.0 Å². The van der Waals surface area contributed by atoms with Crippen LogP contribution < -0.4 is 0 Å². The maximum absolute atomic E-state index is 11.5. The summed E-state index contributed by atoms with van der Waals surface area (Å²) >= 11 is 0. The van der Waals surface area contributed by atoms with Crippen LogP contribution in [0.15, 0.2) is 36.5 Å². The molecule has 1 atom stereocenters. The summed E-state index contributed by atoms with van der Waals surface area (Å²) < 4.78 is 0. The highest BCUT2D eigenvalue weighted by Gasteiger charge is 2.21. The molecule has 0 aromatic rings. The average Bonchev–Trinajstić information content (AvgIpc) is 2.56. The van der Waals surface area contributed by atoms with Crippen molar-refractivity contribution in [1.82, 2.24) is 4.90 Å². The van der Waals surface area contributed by atoms with Gasteiger partial charge in [0, 0.05) is 0 Å². The van der Waals surface area contributed by atoms with Crippen molar-refractivity contribution in [3.63, 3.8) is 0 Å². The monoisotopic (exact) mass is 323 g/mol. The lowest BCUT2D eigenvalue weighted by atomic mass is 9.94. The van der Waals surface area contributed by atoms with E-state index in [2.05, 4.69) is 25.3 Å². The third kappa shape index (κ3) is 11.8. The fourth-order valence-corrected chi connectivity index (χ4v) is 2.31. The quantitative estimate of drug-likeness (QED) is 0.495. The van der Waals surface area contributed by atoms with E-state index in [1.54, 1.807) is 6.08 Å².